The van der Waals surface area contributed by atoms with Crippen molar-refractivity contribution in [3.8, 4) is 0 Å². The van der Waals surface area contributed by atoms with Crippen LogP contribution in [0.4, 0.5) is 5.69 Å². The number of nitrogens with zero attached hydrogens (tertiary/aromatic N) is 1. The summed E-state index contributed by atoms with van der Waals surface area (Å²) in [6.45, 7) is 2.53. The number of carbonyl (C=O) groups is 1. The van der Waals surface area contributed by atoms with Crippen LogP contribution in [-0.2, 0) is 6.54 Å². The minimum atomic E-state index is -1.03. The van der Waals surface area contributed by atoms with Gasteiger partial charge in [-0.25, -0.2) is 4.79 Å². The SMILES string of the molecule is Cc1ccc(N(C)Cc2ccoc2C(=O)O)cc1. The molecule has 1 heterocycles. The molecule has 0 saturated heterocycles. The van der Waals surface area contributed by atoms with Gasteiger partial charge >= 0.3 is 5.97 Å². The molecule has 1 aromatic carbocycles. The standard InChI is InChI=1S/C14H15NO3/c1-10-3-5-12(6-4-10)15(2)9-11-7-8-18-13(11)14(16)17/h3-8H,9H2,1-2H3,(H,16,17). The molecular weight excluding hydrogens is 230 g/mol. The van der Waals surface area contributed by atoms with Gasteiger partial charge in [0, 0.05) is 24.8 Å². The Balaban J connectivity index is 2.16. The van der Waals surface area contributed by atoms with Gasteiger partial charge in [0.05, 0.1) is 6.26 Å². The normalized spacial score (nSPS) is 10.3. The fourth-order valence-electron chi connectivity index (χ4n) is 1.79. The Morgan fingerprint density at radius 1 is 1.28 bits per heavy atom. The maximum absolute atomic E-state index is 10.9. The number of aryl methyl sites for hydroxylation is 1. The molecule has 0 unspecified atom stereocenters. The summed E-state index contributed by atoms with van der Waals surface area (Å²) in [6.07, 6.45) is 1.40. The Hall–Kier alpha value is -2.23. The smallest absolute Gasteiger partial charge is 0.372 e. The van der Waals surface area contributed by atoms with Gasteiger partial charge < -0.3 is 14.4 Å². The number of aromatic carboxylic acids is 1. The van der Waals surface area contributed by atoms with Gasteiger partial charge in [0.2, 0.25) is 5.76 Å². The van der Waals surface area contributed by atoms with Crippen molar-refractivity contribution >= 4 is 11.7 Å². The average Bonchev–Trinajstić information content (AvgIpc) is 2.78. The van der Waals surface area contributed by atoms with E-state index in [4.69, 9.17) is 9.52 Å². The first-order valence-corrected chi connectivity index (χ1v) is 5.65. The molecule has 94 valence electrons. The number of hydrogen-bond acceptors (Lipinski definition) is 3. The van der Waals surface area contributed by atoms with E-state index in [1.54, 1.807) is 6.07 Å². The lowest BCUT2D eigenvalue weighted by Gasteiger charge is -2.18. The zero-order valence-electron chi connectivity index (χ0n) is 10.4. The van der Waals surface area contributed by atoms with Crippen LogP contribution < -0.4 is 4.90 Å². The Kier molecular flexibility index (Phi) is 3.37. The molecule has 2 aromatic rings. The van der Waals surface area contributed by atoms with Crippen LogP contribution in [0.5, 0.6) is 0 Å². The molecule has 0 aliphatic carbocycles. The van der Waals surface area contributed by atoms with Crippen molar-refractivity contribution in [1.29, 1.82) is 0 Å². The van der Waals surface area contributed by atoms with Crippen molar-refractivity contribution in [3.63, 3.8) is 0 Å². The molecule has 1 aromatic heterocycles. The summed E-state index contributed by atoms with van der Waals surface area (Å²) in [6, 6.07) is 9.76. The van der Waals surface area contributed by atoms with Gasteiger partial charge in [0.1, 0.15) is 0 Å². The van der Waals surface area contributed by atoms with Crippen molar-refractivity contribution in [2.45, 2.75) is 13.5 Å². The monoisotopic (exact) mass is 245 g/mol. The van der Waals surface area contributed by atoms with Crippen molar-refractivity contribution in [2.75, 3.05) is 11.9 Å². The first-order chi connectivity index (χ1) is 8.58. The van der Waals surface area contributed by atoms with Crippen molar-refractivity contribution < 1.29 is 14.3 Å². The molecule has 0 amide bonds. The number of rotatable bonds is 4. The minimum absolute atomic E-state index is 0.00830. The second kappa shape index (κ2) is 4.96. The average molecular weight is 245 g/mol. The van der Waals surface area contributed by atoms with E-state index >= 15 is 0 Å². The first-order valence-electron chi connectivity index (χ1n) is 5.65. The van der Waals surface area contributed by atoms with Gasteiger partial charge in [-0.2, -0.15) is 0 Å². The first kappa shape index (κ1) is 12.2. The third-order valence-corrected chi connectivity index (χ3v) is 2.82. The Morgan fingerprint density at radius 2 is 1.94 bits per heavy atom. The van der Waals surface area contributed by atoms with Gasteiger partial charge in [0.15, 0.2) is 0 Å². The molecule has 0 saturated carbocycles. The summed E-state index contributed by atoms with van der Waals surface area (Å²) in [5, 5.41) is 8.96. The van der Waals surface area contributed by atoms with E-state index in [1.165, 1.54) is 11.8 Å². The van der Waals surface area contributed by atoms with Crippen molar-refractivity contribution in [1.82, 2.24) is 0 Å². The van der Waals surface area contributed by atoms with E-state index in [1.807, 2.05) is 43.1 Å². The fraction of sp³-hybridized carbons (Fsp3) is 0.214. The van der Waals surface area contributed by atoms with E-state index in [0.29, 0.717) is 12.1 Å². The summed E-state index contributed by atoms with van der Waals surface area (Å²) < 4.78 is 4.96. The second-order valence-corrected chi connectivity index (χ2v) is 4.27. The molecule has 0 bridgehead atoms. The predicted molar refractivity (Wildman–Crippen MR) is 69.0 cm³/mol. The van der Waals surface area contributed by atoms with Crippen LogP contribution in [0.3, 0.4) is 0 Å². The number of anilines is 1. The van der Waals surface area contributed by atoms with Gasteiger partial charge in [-0.15, -0.1) is 0 Å². The summed E-state index contributed by atoms with van der Waals surface area (Å²) >= 11 is 0. The Labute approximate surface area is 105 Å². The highest BCUT2D eigenvalue weighted by atomic mass is 16.4. The van der Waals surface area contributed by atoms with Crippen LogP contribution in [0.25, 0.3) is 0 Å². The van der Waals surface area contributed by atoms with E-state index in [9.17, 15) is 4.79 Å². The van der Waals surface area contributed by atoms with E-state index in [0.717, 1.165) is 5.69 Å². The molecule has 0 aliphatic rings. The number of carboxylic acid groups (broad SMARTS) is 1. The van der Waals surface area contributed by atoms with Crippen LogP contribution in [0.1, 0.15) is 21.7 Å². The van der Waals surface area contributed by atoms with Gasteiger partial charge in [-0.05, 0) is 25.1 Å². The highest BCUT2D eigenvalue weighted by Crippen LogP contribution is 2.18. The van der Waals surface area contributed by atoms with E-state index < -0.39 is 5.97 Å². The van der Waals surface area contributed by atoms with Gasteiger partial charge in [-0.3, -0.25) is 0 Å². The summed E-state index contributed by atoms with van der Waals surface area (Å²) in [7, 11) is 1.92. The maximum Gasteiger partial charge on any atom is 0.372 e. The summed E-state index contributed by atoms with van der Waals surface area (Å²) in [5.74, 6) is -1.03. The molecule has 0 fully saturated rings. The quantitative estimate of drug-likeness (QED) is 0.899. The zero-order chi connectivity index (χ0) is 13.1. The lowest BCUT2D eigenvalue weighted by atomic mass is 10.2. The second-order valence-electron chi connectivity index (χ2n) is 4.27. The topological polar surface area (TPSA) is 53.7 Å². The van der Waals surface area contributed by atoms with Crippen LogP contribution in [0.2, 0.25) is 0 Å². The van der Waals surface area contributed by atoms with Crippen LogP contribution in [0.15, 0.2) is 41.0 Å². The number of furan rings is 1. The minimum Gasteiger partial charge on any atom is -0.475 e. The largest absolute Gasteiger partial charge is 0.475 e. The lowest BCUT2D eigenvalue weighted by Crippen LogP contribution is -2.17. The molecule has 18 heavy (non-hydrogen) atoms. The molecule has 2 rings (SSSR count). The molecule has 4 nitrogen and oxygen atoms in total. The van der Waals surface area contributed by atoms with Crippen molar-refractivity contribution in [3.05, 3.63) is 53.5 Å². The maximum atomic E-state index is 10.9. The molecule has 0 atom stereocenters. The summed E-state index contributed by atoms with van der Waals surface area (Å²) in [5.41, 5.74) is 2.91. The zero-order valence-corrected chi connectivity index (χ0v) is 10.4. The molecular formula is C14H15NO3. The van der Waals surface area contributed by atoms with Crippen LogP contribution in [-0.4, -0.2) is 18.1 Å². The van der Waals surface area contributed by atoms with Gasteiger partial charge in [0.25, 0.3) is 0 Å². The third kappa shape index (κ3) is 2.53. The molecule has 0 aliphatic heterocycles. The lowest BCUT2D eigenvalue weighted by molar-refractivity contribution is 0.0661. The number of hydrogen-bond donors (Lipinski definition) is 1. The van der Waals surface area contributed by atoms with Crippen LogP contribution >= 0.6 is 0 Å². The Bertz CT molecular complexity index is 542. The number of carboxylic acids is 1. The molecule has 0 spiro atoms. The fourth-order valence-corrected chi connectivity index (χ4v) is 1.79. The molecule has 0 radical (unpaired) electrons. The third-order valence-electron chi connectivity index (χ3n) is 2.82. The Morgan fingerprint density at radius 3 is 2.56 bits per heavy atom. The van der Waals surface area contributed by atoms with Crippen LogP contribution in [0, 0.1) is 6.92 Å². The van der Waals surface area contributed by atoms with E-state index in [-0.39, 0.29) is 5.76 Å². The van der Waals surface area contributed by atoms with Gasteiger partial charge in [-0.1, -0.05) is 17.7 Å². The number of benzene rings is 1. The predicted octanol–water partition coefficient (Wildman–Crippen LogP) is 2.92. The molecule has 4 heteroatoms. The molecule has 1 N–H and O–H groups in total. The van der Waals surface area contributed by atoms with E-state index in [2.05, 4.69) is 0 Å². The summed E-state index contributed by atoms with van der Waals surface area (Å²) in [4.78, 5) is 12.9. The van der Waals surface area contributed by atoms with Crippen molar-refractivity contribution in [2.24, 2.45) is 0 Å². The highest BCUT2D eigenvalue weighted by Gasteiger charge is 2.15. The highest BCUT2D eigenvalue weighted by molar-refractivity contribution is 5.86.